The number of hydrogen-bond donors (Lipinski definition) is 2. The van der Waals surface area contributed by atoms with Crippen LogP contribution in [-0.4, -0.2) is 27.7 Å². The van der Waals surface area contributed by atoms with E-state index in [1.54, 1.807) is 25.1 Å². The largest absolute Gasteiger partial charge is 0.479 e. The van der Waals surface area contributed by atoms with Gasteiger partial charge in [-0.15, -0.1) is 0 Å². The first kappa shape index (κ1) is 27.8. The molecule has 0 bridgehead atoms. The summed E-state index contributed by atoms with van der Waals surface area (Å²) in [5.41, 5.74) is 4.33. The van der Waals surface area contributed by atoms with Gasteiger partial charge in [-0.25, -0.2) is 4.79 Å². The lowest BCUT2D eigenvalue weighted by atomic mass is 10.0. The van der Waals surface area contributed by atoms with Gasteiger partial charge < -0.3 is 19.7 Å². The molecule has 0 aliphatic rings. The number of fused-ring (bicyclic) bond motifs is 1. The molecule has 1 unspecified atom stereocenters. The zero-order valence-corrected chi connectivity index (χ0v) is 22.0. The molecule has 204 valence electrons. The van der Waals surface area contributed by atoms with Crippen LogP contribution in [0.1, 0.15) is 58.2 Å². The number of rotatable bonds is 8. The first-order valence-electron chi connectivity index (χ1n) is 12.4. The smallest absolute Gasteiger partial charge is 0.416 e. The van der Waals surface area contributed by atoms with E-state index in [-0.39, 0.29) is 5.91 Å². The van der Waals surface area contributed by atoms with Gasteiger partial charge in [0, 0.05) is 29.2 Å². The van der Waals surface area contributed by atoms with E-state index in [9.17, 15) is 22.8 Å². The molecule has 4 aromatic rings. The molecule has 0 fully saturated rings. The maximum absolute atomic E-state index is 13.0. The van der Waals surface area contributed by atoms with E-state index in [2.05, 4.69) is 5.32 Å². The van der Waals surface area contributed by atoms with Crippen LogP contribution >= 0.6 is 0 Å². The van der Waals surface area contributed by atoms with E-state index < -0.39 is 29.9 Å². The summed E-state index contributed by atoms with van der Waals surface area (Å²) < 4.78 is 46.0. The molecule has 39 heavy (non-hydrogen) atoms. The molecular weight excluding hydrogens is 509 g/mol. The number of amides is 1. The van der Waals surface area contributed by atoms with Gasteiger partial charge in [0.25, 0.3) is 5.91 Å². The number of alkyl halides is 3. The van der Waals surface area contributed by atoms with Gasteiger partial charge >= 0.3 is 12.1 Å². The molecule has 1 amide bonds. The fourth-order valence-corrected chi connectivity index (χ4v) is 4.48. The van der Waals surface area contributed by atoms with Crippen LogP contribution in [0.4, 0.5) is 13.2 Å². The standard InChI is InChI=1S/C30H29F3N2O4/c1-17(21-7-10-23(11-8-21)30(31,32)33)34-28(36)22-9-14-25-26(18(2)35(4)27(25)16-22)15-20-5-12-24(13-6-20)39-19(3)29(37)38/h5-14,16-17,19H,15H2,1-4H3,(H,34,36)(H,37,38)/t17-,19?/m0/s1. The summed E-state index contributed by atoms with van der Waals surface area (Å²) in [5, 5.41) is 12.9. The lowest BCUT2D eigenvalue weighted by molar-refractivity contribution is -0.144. The Morgan fingerprint density at radius 3 is 2.23 bits per heavy atom. The number of nitrogens with one attached hydrogen (secondary N) is 1. The van der Waals surface area contributed by atoms with Crippen LogP contribution in [0, 0.1) is 6.92 Å². The quantitative estimate of drug-likeness (QED) is 0.271. The minimum absolute atomic E-state index is 0.323. The zero-order valence-electron chi connectivity index (χ0n) is 22.0. The summed E-state index contributed by atoms with van der Waals surface area (Å²) >= 11 is 0. The van der Waals surface area contributed by atoms with Crippen LogP contribution in [0.3, 0.4) is 0 Å². The van der Waals surface area contributed by atoms with Crippen LogP contribution in [0.15, 0.2) is 66.7 Å². The number of aromatic nitrogens is 1. The van der Waals surface area contributed by atoms with Crippen molar-refractivity contribution >= 4 is 22.8 Å². The second-order valence-corrected chi connectivity index (χ2v) is 9.59. The first-order valence-corrected chi connectivity index (χ1v) is 12.4. The Bertz CT molecular complexity index is 1510. The second kappa shape index (κ2) is 10.8. The number of carboxylic acid groups (broad SMARTS) is 1. The fraction of sp³-hybridized carbons (Fsp3) is 0.267. The highest BCUT2D eigenvalue weighted by atomic mass is 19.4. The van der Waals surface area contributed by atoms with Crippen LogP contribution < -0.4 is 10.1 Å². The Balaban J connectivity index is 1.51. The predicted octanol–water partition coefficient (Wildman–Crippen LogP) is 6.44. The van der Waals surface area contributed by atoms with Crippen molar-refractivity contribution in [1.29, 1.82) is 0 Å². The van der Waals surface area contributed by atoms with Crippen molar-refractivity contribution in [3.05, 3.63) is 100 Å². The molecule has 0 spiro atoms. The molecular formula is C30H29F3N2O4. The average molecular weight is 539 g/mol. The minimum Gasteiger partial charge on any atom is -0.479 e. The maximum atomic E-state index is 13.0. The number of aryl methyl sites for hydroxylation is 1. The molecule has 2 atom stereocenters. The monoisotopic (exact) mass is 538 g/mol. The number of nitrogens with zero attached hydrogens (tertiary/aromatic N) is 1. The van der Waals surface area contributed by atoms with Gasteiger partial charge in [0.15, 0.2) is 6.10 Å². The van der Waals surface area contributed by atoms with E-state index >= 15 is 0 Å². The summed E-state index contributed by atoms with van der Waals surface area (Å²) in [4.78, 5) is 24.0. The third kappa shape index (κ3) is 6.08. The Hall–Kier alpha value is -4.27. The summed E-state index contributed by atoms with van der Waals surface area (Å²) in [6.07, 6.45) is -4.72. The van der Waals surface area contributed by atoms with Gasteiger partial charge in [0.05, 0.1) is 11.6 Å². The van der Waals surface area contributed by atoms with Gasteiger partial charge in [-0.3, -0.25) is 4.79 Å². The lowest BCUT2D eigenvalue weighted by Crippen LogP contribution is -2.26. The highest BCUT2D eigenvalue weighted by molar-refractivity contribution is 5.99. The van der Waals surface area contributed by atoms with Gasteiger partial charge in [-0.1, -0.05) is 30.3 Å². The van der Waals surface area contributed by atoms with Gasteiger partial charge in [-0.05, 0) is 80.3 Å². The number of carbonyl (C=O) groups excluding carboxylic acids is 1. The normalized spacial score (nSPS) is 13.2. The van der Waals surface area contributed by atoms with Crippen molar-refractivity contribution in [2.75, 3.05) is 0 Å². The van der Waals surface area contributed by atoms with Crippen molar-refractivity contribution in [3.63, 3.8) is 0 Å². The SMILES string of the molecule is Cc1c(Cc2ccc(OC(C)C(=O)O)cc2)c2ccc(C(=O)N[C@@H](C)c3ccc(C(F)(F)F)cc3)cc2n1C. The fourth-order valence-electron chi connectivity index (χ4n) is 4.48. The summed E-state index contributed by atoms with van der Waals surface area (Å²) in [6.45, 7) is 5.20. The highest BCUT2D eigenvalue weighted by Gasteiger charge is 2.30. The van der Waals surface area contributed by atoms with Gasteiger partial charge in [0.2, 0.25) is 0 Å². The zero-order chi connectivity index (χ0) is 28.5. The molecule has 0 radical (unpaired) electrons. The number of halogens is 3. The number of aliphatic carboxylic acids is 1. The Morgan fingerprint density at radius 1 is 1.00 bits per heavy atom. The second-order valence-electron chi connectivity index (χ2n) is 9.59. The van der Waals surface area contributed by atoms with E-state index in [0.717, 1.165) is 39.9 Å². The molecule has 2 N–H and O–H groups in total. The van der Waals surface area contributed by atoms with Crippen LogP contribution in [0.25, 0.3) is 10.9 Å². The van der Waals surface area contributed by atoms with E-state index in [1.165, 1.54) is 19.1 Å². The third-order valence-corrected chi connectivity index (χ3v) is 6.94. The molecule has 6 nitrogen and oxygen atoms in total. The molecule has 1 heterocycles. The summed E-state index contributed by atoms with van der Waals surface area (Å²) in [5.74, 6) is -0.882. The van der Waals surface area contributed by atoms with E-state index in [0.29, 0.717) is 23.3 Å². The van der Waals surface area contributed by atoms with Crippen LogP contribution in [0.2, 0.25) is 0 Å². The number of benzene rings is 3. The summed E-state index contributed by atoms with van der Waals surface area (Å²) in [7, 11) is 1.93. The van der Waals surface area contributed by atoms with Crippen molar-refractivity contribution < 1.29 is 32.6 Å². The third-order valence-electron chi connectivity index (χ3n) is 6.94. The van der Waals surface area contributed by atoms with E-state index in [4.69, 9.17) is 9.84 Å². The van der Waals surface area contributed by atoms with Crippen molar-refractivity contribution in [2.24, 2.45) is 7.05 Å². The van der Waals surface area contributed by atoms with Crippen molar-refractivity contribution in [1.82, 2.24) is 9.88 Å². The Kier molecular flexibility index (Phi) is 7.72. The van der Waals surface area contributed by atoms with Crippen LogP contribution in [-0.2, 0) is 24.4 Å². The van der Waals surface area contributed by atoms with Gasteiger partial charge in [0.1, 0.15) is 5.75 Å². The highest BCUT2D eigenvalue weighted by Crippen LogP contribution is 2.31. The minimum atomic E-state index is -4.41. The molecule has 0 saturated carbocycles. The molecule has 3 aromatic carbocycles. The van der Waals surface area contributed by atoms with Crippen molar-refractivity contribution in [2.45, 2.75) is 45.5 Å². The Labute approximate surface area is 224 Å². The number of carboxylic acids is 1. The average Bonchev–Trinajstić information content (AvgIpc) is 3.13. The first-order chi connectivity index (χ1) is 18.3. The lowest BCUT2D eigenvalue weighted by Gasteiger charge is -2.16. The predicted molar refractivity (Wildman–Crippen MR) is 142 cm³/mol. The number of carbonyl (C=O) groups is 2. The molecule has 0 aliphatic carbocycles. The van der Waals surface area contributed by atoms with Crippen molar-refractivity contribution in [3.8, 4) is 5.75 Å². The van der Waals surface area contributed by atoms with Gasteiger partial charge in [-0.2, -0.15) is 13.2 Å². The number of ether oxygens (including phenoxy) is 1. The summed E-state index contributed by atoms with van der Waals surface area (Å²) in [6, 6.07) is 17.0. The Morgan fingerprint density at radius 2 is 1.64 bits per heavy atom. The van der Waals surface area contributed by atoms with E-state index in [1.807, 2.05) is 42.8 Å². The molecule has 9 heteroatoms. The molecule has 1 aromatic heterocycles. The molecule has 4 rings (SSSR count). The van der Waals surface area contributed by atoms with Crippen LogP contribution in [0.5, 0.6) is 5.75 Å². The molecule has 0 aliphatic heterocycles. The maximum Gasteiger partial charge on any atom is 0.416 e. The molecule has 0 saturated heterocycles. The topological polar surface area (TPSA) is 80.6 Å². The number of hydrogen-bond acceptors (Lipinski definition) is 3.